The van der Waals surface area contributed by atoms with Crippen LogP contribution < -0.4 is 10.1 Å². The molecule has 0 aliphatic carbocycles. The first-order valence-electron chi connectivity index (χ1n) is 20.2. The highest BCUT2D eigenvalue weighted by Gasteiger charge is 2.52. The topological polar surface area (TPSA) is 112 Å². The zero-order chi connectivity index (χ0) is 38.6. The van der Waals surface area contributed by atoms with Crippen molar-refractivity contribution in [3.8, 4) is 5.75 Å². The summed E-state index contributed by atoms with van der Waals surface area (Å²) in [6, 6.07) is 25.1. The van der Waals surface area contributed by atoms with Crippen molar-refractivity contribution >= 4 is 34.7 Å². The first kappa shape index (κ1) is 39.4. The van der Waals surface area contributed by atoms with Crippen molar-refractivity contribution in [1.82, 2.24) is 25.0 Å². The number of fused-ring (bicyclic) bond motifs is 2. The molecule has 2 aliphatic heterocycles. The Hall–Kier alpha value is -5.25. The minimum Gasteiger partial charge on any atom is -0.427 e. The van der Waals surface area contributed by atoms with Crippen LogP contribution in [0.1, 0.15) is 101 Å². The lowest BCUT2D eigenvalue weighted by atomic mass is 9.93. The molecule has 3 heterocycles. The van der Waals surface area contributed by atoms with Crippen molar-refractivity contribution < 1.29 is 23.9 Å². The number of esters is 1. The summed E-state index contributed by atoms with van der Waals surface area (Å²) in [6.07, 6.45) is 12.4. The van der Waals surface area contributed by atoms with Gasteiger partial charge in [0.25, 0.3) is 0 Å². The molecule has 1 aromatic heterocycles. The first-order valence-corrected chi connectivity index (χ1v) is 20.2. The summed E-state index contributed by atoms with van der Waals surface area (Å²) in [4.78, 5) is 64.7. The van der Waals surface area contributed by atoms with E-state index in [1.807, 2.05) is 79.7 Å². The van der Waals surface area contributed by atoms with Gasteiger partial charge in [0.2, 0.25) is 11.8 Å². The van der Waals surface area contributed by atoms with Crippen LogP contribution in [0.15, 0.2) is 91.1 Å². The highest BCUT2D eigenvalue weighted by atomic mass is 16.5. The van der Waals surface area contributed by atoms with E-state index in [1.165, 1.54) is 38.5 Å². The lowest BCUT2D eigenvalue weighted by molar-refractivity contribution is -0.173. The molecule has 2 saturated heterocycles. The van der Waals surface area contributed by atoms with Crippen LogP contribution in [0.4, 0.5) is 4.79 Å². The van der Waals surface area contributed by atoms with Gasteiger partial charge in [0.15, 0.2) is 0 Å². The molecule has 0 bridgehead atoms. The SMILES string of the molecule is CCCCCCCCCCCC(=O)Oc1ccc(C[C@H]2C(=O)N(Cc3cccc4cccnc34)[C@@H](C)C3N(C(=O)NCc4ccccc4)CCC(=O)N32)cc1. The molecule has 2 fully saturated rings. The van der Waals surface area contributed by atoms with Crippen LogP contribution in [0.5, 0.6) is 5.75 Å². The Morgan fingerprint density at radius 1 is 0.818 bits per heavy atom. The number of carbonyl (C=O) groups is 4. The van der Waals surface area contributed by atoms with Crippen molar-refractivity contribution in [3.63, 3.8) is 0 Å². The van der Waals surface area contributed by atoms with E-state index >= 15 is 0 Å². The van der Waals surface area contributed by atoms with Crippen molar-refractivity contribution in [1.29, 1.82) is 0 Å². The summed E-state index contributed by atoms with van der Waals surface area (Å²) in [6.45, 7) is 5.00. The van der Waals surface area contributed by atoms with Gasteiger partial charge in [-0.25, -0.2) is 4.79 Å². The average Bonchev–Trinajstić information content (AvgIpc) is 3.20. The molecule has 3 aromatic carbocycles. The van der Waals surface area contributed by atoms with E-state index in [0.717, 1.165) is 46.9 Å². The zero-order valence-electron chi connectivity index (χ0n) is 32.3. The summed E-state index contributed by atoms with van der Waals surface area (Å²) in [5.74, 6) is -0.145. The fraction of sp³-hybridized carbons (Fsp3) is 0.444. The van der Waals surface area contributed by atoms with Gasteiger partial charge in [-0.1, -0.05) is 125 Å². The number of benzene rings is 3. The Balaban J connectivity index is 1.16. The fourth-order valence-corrected chi connectivity index (χ4v) is 7.96. The Labute approximate surface area is 325 Å². The number of ether oxygens (including phenoxy) is 1. The number of hydrogen-bond donors (Lipinski definition) is 1. The average molecular weight is 746 g/mol. The summed E-state index contributed by atoms with van der Waals surface area (Å²) in [5.41, 5.74) is 3.48. The van der Waals surface area contributed by atoms with Crippen molar-refractivity contribution in [2.45, 2.75) is 122 Å². The molecule has 1 unspecified atom stereocenters. The molecule has 55 heavy (non-hydrogen) atoms. The lowest BCUT2D eigenvalue weighted by Crippen LogP contribution is -2.75. The summed E-state index contributed by atoms with van der Waals surface area (Å²) in [5, 5.41) is 4.02. The van der Waals surface area contributed by atoms with Gasteiger partial charge in [-0.3, -0.25) is 19.4 Å². The number of piperazine rings is 1. The third-order valence-corrected chi connectivity index (χ3v) is 11.0. The fourth-order valence-electron chi connectivity index (χ4n) is 7.96. The number of nitrogens with one attached hydrogen (secondary N) is 1. The molecular weight excluding hydrogens is 691 g/mol. The molecule has 10 heteroatoms. The minimum atomic E-state index is -0.846. The number of nitrogens with zero attached hydrogens (tertiary/aromatic N) is 4. The number of amides is 4. The van der Waals surface area contributed by atoms with E-state index in [0.29, 0.717) is 18.7 Å². The Bertz CT molecular complexity index is 1900. The number of para-hydroxylation sites is 1. The molecular formula is C45H55N5O5. The van der Waals surface area contributed by atoms with E-state index in [1.54, 1.807) is 33.0 Å². The van der Waals surface area contributed by atoms with E-state index in [4.69, 9.17) is 4.74 Å². The van der Waals surface area contributed by atoms with E-state index in [-0.39, 0.29) is 49.7 Å². The van der Waals surface area contributed by atoms with Gasteiger partial charge in [-0.05, 0) is 48.2 Å². The van der Waals surface area contributed by atoms with Gasteiger partial charge in [0, 0.05) is 50.5 Å². The summed E-state index contributed by atoms with van der Waals surface area (Å²) in [7, 11) is 0. The number of urea groups is 1. The normalized spacial score (nSPS) is 18.4. The first-order chi connectivity index (χ1) is 26.8. The molecule has 0 spiro atoms. The van der Waals surface area contributed by atoms with Gasteiger partial charge in [0.05, 0.1) is 11.6 Å². The summed E-state index contributed by atoms with van der Waals surface area (Å²) >= 11 is 0. The number of aromatic nitrogens is 1. The van der Waals surface area contributed by atoms with Crippen LogP contribution in [0.2, 0.25) is 0 Å². The van der Waals surface area contributed by atoms with Crippen LogP contribution >= 0.6 is 0 Å². The van der Waals surface area contributed by atoms with Gasteiger partial charge < -0.3 is 24.8 Å². The van der Waals surface area contributed by atoms with Gasteiger partial charge >= 0.3 is 12.0 Å². The number of pyridine rings is 1. The monoisotopic (exact) mass is 745 g/mol. The summed E-state index contributed by atoms with van der Waals surface area (Å²) < 4.78 is 5.65. The number of rotatable bonds is 17. The second kappa shape index (κ2) is 19.4. The number of unbranched alkanes of at least 4 members (excludes halogenated alkanes) is 8. The Morgan fingerprint density at radius 2 is 1.53 bits per heavy atom. The van der Waals surface area contributed by atoms with E-state index in [9.17, 15) is 19.2 Å². The highest BCUT2D eigenvalue weighted by molar-refractivity contribution is 5.92. The maximum absolute atomic E-state index is 14.6. The van der Waals surface area contributed by atoms with Gasteiger partial charge in [-0.2, -0.15) is 0 Å². The van der Waals surface area contributed by atoms with E-state index in [2.05, 4.69) is 17.2 Å². The molecule has 0 saturated carbocycles. The van der Waals surface area contributed by atoms with E-state index < -0.39 is 18.2 Å². The molecule has 10 nitrogen and oxygen atoms in total. The standard InChI is InChI=1S/C45H55N5O5/c1-3-4-5-6-7-8-9-10-14-22-41(52)55-38-25-23-34(24-26-38)30-39-44(53)49(32-37-20-15-19-36-21-16-28-46-42(36)37)33(2)43-48(29-27-40(51)50(39)43)45(54)47-31-35-17-12-11-13-18-35/h11-13,15-21,23-26,28,33,39,43H,3-10,14,22,27,29-32H2,1-2H3,(H,47,54)/t33-,39-,43?/m0/s1. The molecule has 4 amide bonds. The Kier molecular flexibility index (Phi) is 13.9. The predicted octanol–water partition coefficient (Wildman–Crippen LogP) is 8.17. The van der Waals surface area contributed by atoms with Crippen molar-refractivity contribution in [2.24, 2.45) is 0 Å². The molecule has 6 rings (SSSR count). The van der Waals surface area contributed by atoms with Gasteiger partial charge in [0.1, 0.15) is 18.0 Å². The van der Waals surface area contributed by atoms with Crippen LogP contribution in [-0.2, 0) is 33.9 Å². The van der Waals surface area contributed by atoms with Gasteiger partial charge in [-0.15, -0.1) is 0 Å². The Morgan fingerprint density at radius 3 is 2.27 bits per heavy atom. The van der Waals surface area contributed by atoms with Crippen molar-refractivity contribution in [2.75, 3.05) is 6.54 Å². The maximum Gasteiger partial charge on any atom is 0.319 e. The molecule has 3 atom stereocenters. The zero-order valence-corrected chi connectivity index (χ0v) is 32.3. The van der Waals surface area contributed by atoms with Crippen LogP contribution in [0.3, 0.4) is 0 Å². The second-order valence-corrected chi connectivity index (χ2v) is 14.9. The minimum absolute atomic E-state index is 0.118. The molecule has 2 aliphatic rings. The maximum atomic E-state index is 14.6. The second-order valence-electron chi connectivity index (χ2n) is 14.9. The lowest BCUT2D eigenvalue weighted by Gasteiger charge is -2.55. The molecule has 4 aromatic rings. The smallest absolute Gasteiger partial charge is 0.319 e. The molecule has 290 valence electrons. The third-order valence-electron chi connectivity index (χ3n) is 11.0. The largest absolute Gasteiger partial charge is 0.427 e. The third kappa shape index (κ3) is 10.1. The van der Waals surface area contributed by atoms with Crippen LogP contribution in [-0.4, -0.2) is 68.3 Å². The number of hydrogen-bond acceptors (Lipinski definition) is 6. The molecule has 0 radical (unpaired) electrons. The number of carbonyl (C=O) groups excluding carboxylic acids is 4. The quantitative estimate of drug-likeness (QED) is 0.0663. The molecule has 1 N–H and O–H groups in total. The van der Waals surface area contributed by atoms with Crippen molar-refractivity contribution in [3.05, 3.63) is 108 Å². The predicted molar refractivity (Wildman–Crippen MR) is 214 cm³/mol. The van der Waals surface area contributed by atoms with Crippen LogP contribution in [0.25, 0.3) is 10.9 Å². The van der Waals surface area contributed by atoms with Crippen LogP contribution in [0, 0.1) is 0 Å². The highest BCUT2D eigenvalue weighted by Crippen LogP contribution is 2.33.